The first-order valence-corrected chi connectivity index (χ1v) is 37.6. The molecule has 0 aromatic rings. The Labute approximate surface area is 541 Å². The summed E-state index contributed by atoms with van der Waals surface area (Å²) in [5.74, 6) is -5.95. The quantitative estimate of drug-likeness (QED) is 0.0153. The summed E-state index contributed by atoms with van der Waals surface area (Å²) >= 11 is 0. The maximum Gasteiger partial charge on any atom is 0.356 e. The molecule has 2 aliphatic rings. The summed E-state index contributed by atoms with van der Waals surface area (Å²) in [6.07, 6.45) is 19.5. The Kier molecular flexibility index (Phi) is 48.3. The fourth-order valence-corrected chi connectivity index (χ4v) is 13.2. The Hall–Kier alpha value is -2.37. The predicted molar refractivity (Wildman–Crippen MR) is 348 cm³/mol. The highest BCUT2D eigenvalue weighted by Gasteiger charge is 2.55. The molecule has 22 heteroatoms. The van der Waals surface area contributed by atoms with E-state index in [-0.39, 0.29) is 12.8 Å². The minimum Gasteiger partial charge on any atom is -0.457 e. The van der Waals surface area contributed by atoms with Crippen molar-refractivity contribution in [3.05, 3.63) is 0 Å². The largest absolute Gasteiger partial charge is 0.457 e. The van der Waals surface area contributed by atoms with Crippen LogP contribution in [0.15, 0.2) is 0 Å². The lowest BCUT2D eigenvalue weighted by atomic mass is 9.95. The molecule has 530 valence electrons. The molecule has 0 saturated carbocycles. The summed E-state index contributed by atoms with van der Waals surface area (Å²) in [7, 11) is -5.49. The first-order chi connectivity index (χ1) is 43.3. The molecule has 2 fully saturated rings. The van der Waals surface area contributed by atoms with Crippen molar-refractivity contribution in [2.24, 2.45) is 0 Å². The van der Waals surface area contributed by atoms with Crippen LogP contribution < -0.4 is 10.6 Å². The van der Waals surface area contributed by atoms with E-state index < -0.39 is 156 Å². The lowest BCUT2D eigenvalue weighted by Gasteiger charge is -2.46. The number of rotatable bonds is 57. The lowest BCUT2D eigenvalue weighted by molar-refractivity contribution is -0.286. The molecule has 0 bridgehead atoms. The van der Waals surface area contributed by atoms with E-state index in [2.05, 4.69) is 38.3 Å². The highest BCUT2D eigenvalue weighted by atomic mass is 31.2. The number of carbonyl (C=O) groups excluding carboxylic acids is 4. The average Bonchev–Trinajstić information content (AvgIpc) is 0.824. The van der Waals surface area contributed by atoms with Gasteiger partial charge >= 0.3 is 19.5 Å². The highest BCUT2D eigenvalue weighted by Crippen LogP contribution is 2.48. The van der Waals surface area contributed by atoms with Crippen LogP contribution in [0.25, 0.3) is 0 Å². The van der Waals surface area contributed by atoms with Gasteiger partial charge in [-0.05, 0) is 25.7 Å². The van der Waals surface area contributed by atoms with Crippen molar-refractivity contribution in [3.63, 3.8) is 0 Å². The van der Waals surface area contributed by atoms with Crippen LogP contribution in [0.4, 0.5) is 0 Å². The van der Waals surface area contributed by atoms with Gasteiger partial charge in [-0.15, -0.1) is 0 Å². The van der Waals surface area contributed by atoms with Crippen molar-refractivity contribution in [2.75, 3.05) is 13.2 Å². The maximum absolute atomic E-state index is 13.9. The second-order valence-electron chi connectivity index (χ2n) is 26.2. The Balaban J connectivity index is 2.40. The minimum atomic E-state index is -5.49. The second-order valence-corrected chi connectivity index (χ2v) is 27.9. The SMILES string of the molecule is CCCCCCCCCCC[C@@H](O)CC(=O)N[C@@H]1[C@@H](OC(=O)C[C@H](O)CCCCCCCCCCC)[C@H](O)[C@@H](CO[C@@H]2O[C@H](CO)[C@@H](O)[C@H](OC(=O)C[C@H](O)CCCCCCCCCCC)[C@H]2NC(=O)C[C@H](O)CCCCCCCCCCC)O[C@H]1P(=O)(O)O. The van der Waals surface area contributed by atoms with E-state index >= 15 is 0 Å². The highest BCUT2D eigenvalue weighted by molar-refractivity contribution is 7.52. The van der Waals surface area contributed by atoms with Crippen LogP contribution in [0.1, 0.15) is 310 Å². The molecule has 2 saturated heterocycles. The van der Waals surface area contributed by atoms with Crippen LogP contribution in [0, 0.1) is 0 Å². The van der Waals surface area contributed by atoms with E-state index in [0.29, 0.717) is 38.5 Å². The summed E-state index contributed by atoms with van der Waals surface area (Å²) in [5.41, 5.74) is 0. The molecule has 0 aromatic carbocycles. The van der Waals surface area contributed by atoms with E-state index in [1.165, 1.54) is 77.0 Å². The van der Waals surface area contributed by atoms with E-state index in [4.69, 9.17) is 23.7 Å². The van der Waals surface area contributed by atoms with Crippen LogP contribution in [-0.4, -0.2) is 168 Å². The van der Waals surface area contributed by atoms with Crippen molar-refractivity contribution >= 4 is 31.3 Å². The van der Waals surface area contributed by atoms with Crippen molar-refractivity contribution in [3.8, 4) is 0 Å². The van der Waals surface area contributed by atoms with Gasteiger partial charge in [-0.2, -0.15) is 0 Å². The predicted octanol–water partition coefficient (Wildman–Crippen LogP) is 10.8. The summed E-state index contributed by atoms with van der Waals surface area (Å²) in [6, 6.07) is -3.52. The molecule has 21 nitrogen and oxygen atoms in total. The third-order valence-corrected chi connectivity index (χ3v) is 18.8. The number of ether oxygens (including phenoxy) is 5. The number of esters is 2. The molecule has 0 radical (unpaired) electrons. The van der Waals surface area contributed by atoms with Gasteiger partial charge in [0.1, 0.15) is 36.5 Å². The smallest absolute Gasteiger partial charge is 0.356 e. The fourth-order valence-electron chi connectivity index (χ4n) is 12.2. The van der Waals surface area contributed by atoms with Gasteiger partial charge in [0.2, 0.25) is 11.8 Å². The number of nitrogens with one attached hydrogen (secondary N) is 2. The van der Waals surface area contributed by atoms with Crippen molar-refractivity contribution in [1.29, 1.82) is 0 Å². The zero-order chi connectivity index (χ0) is 66.4. The van der Waals surface area contributed by atoms with Gasteiger partial charge in [0.25, 0.3) is 0 Å². The van der Waals surface area contributed by atoms with Crippen LogP contribution >= 0.6 is 7.60 Å². The molecule has 0 unspecified atom stereocenters. The third-order valence-electron chi connectivity index (χ3n) is 17.7. The monoisotopic (exact) mass is 1310 g/mol. The van der Waals surface area contributed by atoms with Crippen molar-refractivity contribution < 1.29 is 93.0 Å². The van der Waals surface area contributed by atoms with Crippen LogP contribution in [0.2, 0.25) is 0 Å². The van der Waals surface area contributed by atoms with E-state index in [9.17, 15) is 69.3 Å². The average molecular weight is 1310 g/mol. The van der Waals surface area contributed by atoms with Crippen LogP contribution in [-0.2, 0) is 47.4 Å². The summed E-state index contributed by atoms with van der Waals surface area (Å²) in [5, 5.41) is 83.2. The second kappa shape index (κ2) is 51.9. The zero-order valence-electron chi connectivity index (χ0n) is 56.2. The molecule has 2 heterocycles. The Morgan fingerprint density at radius 2 is 0.711 bits per heavy atom. The topological polar surface area (TPSA) is 338 Å². The molecular formula is C68H129N2O19P. The van der Waals surface area contributed by atoms with Gasteiger partial charge in [0, 0.05) is 0 Å². The molecule has 90 heavy (non-hydrogen) atoms. The van der Waals surface area contributed by atoms with Crippen molar-refractivity contribution in [1.82, 2.24) is 10.6 Å². The van der Waals surface area contributed by atoms with Gasteiger partial charge in [-0.3, -0.25) is 23.7 Å². The zero-order valence-corrected chi connectivity index (χ0v) is 57.1. The molecule has 0 spiro atoms. The number of amides is 2. The summed E-state index contributed by atoms with van der Waals surface area (Å²) < 4.78 is 43.1. The molecular weight excluding hydrogens is 1180 g/mol. The molecule has 11 N–H and O–H groups in total. The van der Waals surface area contributed by atoms with E-state index in [0.717, 1.165) is 128 Å². The van der Waals surface area contributed by atoms with Gasteiger partial charge in [0.15, 0.2) is 24.3 Å². The Morgan fingerprint density at radius 1 is 0.422 bits per heavy atom. The molecule has 0 aliphatic carbocycles. The molecule has 2 rings (SSSR count). The van der Waals surface area contributed by atoms with E-state index in [1.807, 2.05) is 0 Å². The van der Waals surface area contributed by atoms with Crippen LogP contribution in [0.5, 0.6) is 0 Å². The number of hydrogen-bond donors (Lipinski definition) is 11. The fraction of sp³-hybridized carbons (Fsp3) is 0.941. The van der Waals surface area contributed by atoms with Crippen LogP contribution in [0.3, 0.4) is 0 Å². The maximum atomic E-state index is 13.9. The van der Waals surface area contributed by atoms with Gasteiger partial charge in [0.05, 0.1) is 63.3 Å². The number of unbranched alkanes of at least 4 members (excludes halogenated alkanes) is 32. The lowest BCUT2D eigenvalue weighted by Crippen LogP contribution is -2.67. The minimum absolute atomic E-state index is 0.247. The molecule has 2 amide bonds. The first-order valence-electron chi connectivity index (χ1n) is 35.9. The molecule has 2 aliphatic heterocycles. The number of aliphatic hydroxyl groups is 7. The molecule has 14 atom stereocenters. The van der Waals surface area contributed by atoms with Gasteiger partial charge < -0.3 is 79.9 Å². The number of hydrogen-bond acceptors (Lipinski definition) is 17. The van der Waals surface area contributed by atoms with Crippen molar-refractivity contribution in [2.45, 2.75) is 395 Å². The van der Waals surface area contributed by atoms with Gasteiger partial charge in [-0.1, -0.05) is 259 Å². The third kappa shape index (κ3) is 38.2. The Bertz CT molecular complexity index is 1870. The normalized spacial score (nSPS) is 23.4. The number of aliphatic hydroxyl groups excluding tert-OH is 7. The Morgan fingerprint density at radius 3 is 1.03 bits per heavy atom. The van der Waals surface area contributed by atoms with Gasteiger partial charge in [-0.25, -0.2) is 0 Å². The first kappa shape index (κ1) is 83.7. The summed E-state index contributed by atoms with van der Waals surface area (Å²) in [6.45, 7) is 6.94. The number of carbonyl (C=O) groups is 4. The molecule has 0 aromatic heterocycles. The standard InChI is InChI=1S/C68H129N2O19P/c1-5-9-13-17-21-25-29-33-37-41-51(72)45-57(76)69-61-65(88-59(78)47-53(74)43-39-35-31-27-23-19-15-11-7-3)63(80)55(49-71)86-67(61)85-50-56-64(81)66(89-60(79)48-54(75)44-40-36-32-28-24-20-16-12-8-4)62(68(87-56)90(82,83)84)70-58(77)46-52(73)42-38-34-30-26-22-18-14-10-6-2/h51-56,61-68,71-75,80-81H,5-50H2,1-4H3,(H,69,76)(H,70,77)(H2,82,83,84)/t51-,52-,53-,54-,55-,56-,61-,62-,63-,64-,65-,66-,67-,68+/m1/s1. The summed E-state index contributed by atoms with van der Waals surface area (Å²) in [4.78, 5) is 76.8. The van der Waals surface area contributed by atoms with E-state index in [1.54, 1.807) is 0 Å².